The van der Waals surface area contributed by atoms with Gasteiger partial charge in [0.25, 0.3) is 11.1 Å². The van der Waals surface area contributed by atoms with Crippen molar-refractivity contribution in [3.8, 4) is 17.2 Å². The lowest BCUT2D eigenvalue weighted by Crippen LogP contribution is -2.32. The van der Waals surface area contributed by atoms with Gasteiger partial charge in [0.15, 0.2) is 0 Å². The smallest absolute Gasteiger partial charge is 0.293 e. The standard InChI is InChI=1S/C26H26N2O4S/c1-17-6-5-7-23(14-17)32-13-12-27-25(29)24(33-26(27)30)16-20-15-18(2)28(19(20)3)21-8-10-22(31-4)11-9-21/h5-11,14-16H,12-13H2,1-4H3/b24-16-. The van der Waals surface area contributed by atoms with Crippen LogP contribution in [0, 0.1) is 20.8 Å². The van der Waals surface area contributed by atoms with Gasteiger partial charge in [0.2, 0.25) is 0 Å². The van der Waals surface area contributed by atoms with Crippen molar-refractivity contribution in [3.05, 3.63) is 82.0 Å². The summed E-state index contributed by atoms with van der Waals surface area (Å²) in [6.45, 7) is 6.47. The summed E-state index contributed by atoms with van der Waals surface area (Å²) in [4.78, 5) is 27.0. The van der Waals surface area contributed by atoms with E-state index in [2.05, 4.69) is 4.57 Å². The van der Waals surface area contributed by atoms with Crippen molar-refractivity contribution >= 4 is 29.0 Å². The molecule has 0 unspecified atom stereocenters. The molecule has 170 valence electrons. The van der Waals surface area contributed by atoms with Crippen LogP contribution in [0.1, 0.15) is 22.5 Å². The van der Waals surface area contributed by atoms with E-state index in [0.29, 0.717) is 4.91 Å². The largest absolute Gasteiger partial charge is 0.497 e. The van der Waals surface area contributed by atoms with Gasteiger partial charge in [0, 0.05) is 17.1 Å². The molecule has 0 saturated carbocycles. The quantitative estimate of drug-likeness (QED) is 0.432. The van der Waals surface area contributed by atoms with Gasteiger partial charge in [0.05, 0.1) is 18.6 Å². The number of aromatic nitrogens is 1. The molecule has 2 amide bonds. The number of nitrogens with zero attached hydrogens (tertiary/aromatic N) is 2. The molecule has 7 heteroatoms. The Morgan fingerprint density at radius 3 is 2.42 bits per heavy atom. The van der Waals surface area contributed by atoms with Crippen LogP contribution in [0.5, 0.6) is 11.5 Å². The van der Waals surface area contributed by atoms with Crippen LogP contribution in [0.4, 0.5) is 4.79 Å². The van der Waals surface area contributed by atoms with Crippen molar-refractivity contribution in [3.63, 3.8) is 0 Å². The van der Waals surface area contributed by atoms with Crippen molar-refractivity contribution in [1.82, 2.24) is 9.47 Å². The second-order valence-electron chi connectivity index (χ2n) is 7.86. The average Bonchev–Trinajstić information content (AvgIpc) is 3.23. The van der Waals surface area contributed by atoms with Crippen molar-refractivity contribution < 1.29 is 19.1 Å². The molecule has 6 nitrogen and oxygen atoms in total. The van der Waals surface area contributed by atoms with Crippen LogP contribution < -0.4 is 9.47 Å². The maximum absolute atomic E-state index is 12.9. The van der Waals surface area contributed by atoms with E-state index in [0.717, 1.165) is 51.5 Å². The number of hydrogen-bond acceptors (Lipinski definition) is 5. The number of thioether (sulfide) groups is 1. The molecule has 33 heavy (non-hydrogen) atoms. The van der Waals surface area contributed by atoms with Gasteiger partial charge in [-0.1, -0.05) is 12.1 Å². The Labute approximate surface area is 197 Å². The molecule has 4 rings (SSSR count). The van der Waals surface area contributed by atoms with Crippen molar-refractivity contribution in [2.75, 3.05) is 20.3 Å². The molecule has 0 bridgehead atoms. The molecule has 0 aliphatic carbocycles. The summed E-state index contributed by atoms with van der Waals surface area (Å²) >= 11 is 0.967. The lowest BCUT2D eigenvalue weighted by Gasteiger charge is -2.13. The van der Waals surface area contributed by atoms with Gasteiger partial charge in [-0.2, -0.15) is 0 Å². The first-order valence-electron chi connectivity index (χ1n) is 10.7. The molecule has 0 spiro atoms. The Balaban J connectivity index is 1.49. The summed E-state index contributed by atoms with van der Waals surface area (Å²) in [7, 11) is 1.64. The van der Waals surface area contributed by atoms with E-state index in [1.807, 2.05) is 75.4 Å². The minimum absolute atomic E-state index is 0.209. The molecule has 1 fully saturated rings. The first-order valence-corrected chi connectivity index (χ1v) is 11.5. The van der Waals surface area contributed by atoms with Crippen LogP contribution in [0.3, 0.4) is 0 Å². The van der Waals surface area contributed by atoms with Gasteiger partial charge in [-0.3, -0.25) is 14.5 Å². The molecule has 1 aromatic heterocycles. The Morgan fingerprint density at radius 1 is 0.970 bits per heavy atom. The fraction of sp³-hybridized carbons (Fsp3) is 0.231. The topological polar surface area (TPSA) is 60.8 Å². The first-order chi connectivity index (χ1) is 15.9. The van der Waals surface area contributed by atoms with E-state index in [9.17, 15) is 9.59 Å². The first kappa shape index (κ1) is 22.7. The number of aryl methyl sites for hydroxylation is 2. The number of imide groups is 1. The summed E-state index contributed by atoms with van der Waals surface area (Å²) < 4.78 is 13.1. The van der Waals surface area contributed by atoms with Gasteiger partial charge in [-0.05, 0) is 92.2 Å². The molecule has 2 heterocycles. The zero-order valence-corrected chi connectivity index (χ0v) is 19.9. The molecule has 0 radical (unpaired) electrons. The SMILES string of the molecule is COc1ccc(-n2c(C)cc(/C=C3\SC(=O)N(CCOc4cccc(C)c4)C3=O)c2C)cc1. The average molecular weight is 463 g/mol. The molecule has 0 N–H and O–H groups in total. The van der Waals surface area contributed by atoms with E-state index in [-0.39, 0.29) is 24.3 Å². The lowest BCUT2D eigenvalue weighted by atomic mass is 10.2. The highest BCUT2D eigenvalue weighted by atomic mass is 32.2. The number of hydrogen-bond donors (Lipinski definition) is 0. The zero-order valence-electron chi connectivity index (χ0n) is 19.1. The molecular weight excluding hydrogens is 436 g/mol. The highest BCUT2D eigenvalue weighted by molar-refractivity contribution is 8.18. The molecule has 1 aliphatic heterocycles. The van der Waals surface area contributed by atoms with Crippen LogP contribution >= 0.6 is 11.8 Å². The number of rotatable bonds is 7. The summed E-state index contributed by atoms with van der Waals surface area (Å²) in [5, 5.41) is -0.275. The fourth-order valence-corrected chi connectivity index (χ4v) is 4.71. The van der Waals surface area contributed by atoms with Gasteiger partial charge >= 0.3 is 0 Å². The summed E-state index contributed by atoms with van der Waals surface area (Å²) in [6.07, 6.45) is 1.80. The Hall–Kier alpha value is -3.45. The van der Waals surface area contributed by atoms with Crippen LogP contribution in [-0.2, 0) is 4.79 Å². The summed E-state index contributed by atoms with van der Waals surface area (Å²) in [5.74, 6) is 1.23. The molecule has 2 aromatic carbocycles. The molecule has 3 aromatic rings. The number of benzene rings is 2. The summed E-state index contributed by atoms with van der Waals surface area (Å²) in [6, 6.07) is 17.5. The summed E-state index contributed by atoms with van der Waals surface area (Å²) in [5.41, 5.74) is 5.03. The van der Waals surface area contributed by atoms with Crippen molar-refractivity contribution in [2.24, 2.45) is 0 Å². The van der Waals surface area contributed by atoms with Gasteiger partial charge < -0.3 is 14.0 Å². The van der Waals surface area contributed by atoms with Gasteiger partial charge in [-0.15, -0.1) is 0 Å². The van der Waals surface area contributed by atoms with Gasteiger partial charge in [0.1, 0.15) is 18.1 Å². The normalized spacial score (nSPS) is 14.9. The molecular formula is C26H26N2O4S. The molecule has 0 atom stereocenters. The van der Waals surface area contributed by atoms with E-state index in [4.69, 9.17) is 9.47 Å². The Bertz CT molecular complexity index is 1230. The Morgan fingerprint density at radius 2 is 1.73 bits per heavy atom. The van der Waals surface area contributed by atoms with Crippen LogP contribution in [0.25, 0.3) is 11.8 Å². The third-order valence-corrected chi connectivity index (χ3v) is 6.44. The fourth-order valence-electron chi connectivity index (χ4n) is 3.86. The highest BCUT2D eigenvalue weighted by Crippen LogP contribution is 2.33. The molecule has 1 aliphatic rings. The number of ether oxygens (including phenoxy) is 2. The van der Waals surface area contributed by atoms with Crippen molar-refractivity contribution in [2.45, 2.75) is 20.8 Å². The third-order valence-electron chi connectivity index (χ3n) is 5.53. The van der Waals surface area contributed by atoms with E-state index < -0.39 is 0 Å². The van der Waals surface area contributed by atoms with E-state index in [1.165, 1.54) is 4.90 Å². The van der Waals surface area contributed by atoms with Crippen LogP contribution in [0.15, 0.2) is 59.5 Å². The number of carbonyl (C=O) groups excluding carboxylic acids is 2. The Kier molecular flexibility index (Phi) is 6.60. The third kappa shape index (κ3) is 4.83. The number of amides is 2. The number of carbonyl (C=O) groups is 2. The van der Waals surface area contributed by atoms with E-state index >= 15 is 0 Å². The van der Waals surface area contributed by atoms with E-state index in [1.54, 1.807) is 13.2 Å². The second kappa shape index (κ2) is 9.58. The highest BCUT2D eigenvalue weighted by Gasteiger charge is 2.35. The lowest BCUT2D eigenvalue weighted by molar-refractivity contribution is -0.123. The molecule has 1 saturated heterocycles. The predicted octanol–water partition coefficient (Wildman–Crippen LogP) is 5.53. The maximum atomic E-state index is 12.9. The van der Waals surface area contributed by atoms with Gasteiger partial charge in [-0.25, -0.2) is 0 Å². The van der Waals surface area contributed by atoms with Crippen molar-refractivity contribution in [1.29, 1.82) is 0 Å². The monoisotopic (exact) mass is 462 g/mol. The van der Waals surface area contributed by atoms with Crippen LogP contribution in [0.2, 0.25) is 0 Å². The minimum atomic E-state index is -0.285. The predicted molar refractivity (Wildman–Crippen MR) is 131 cm³/mol. The zero-order chi connectivity index (χ0) is 23.5. The number of methoxy groups -OCH3 is 1. The minimum Gasteiger partial charge on any atom is -0.497 e. The second-order valence-corrected chi connectivity index (χ2v) is 8.85. The van der Waals surface area contributed by atoms with Crippen LogP contribution in [-0.4, -0.2) is 40.9 Å². The maximum Gasteiger partial charge on any atom is 0.293 e.